The number of rotatable bonds is 1. The lowest BCUT2D eigenvalue weighted by Crippen LogP contribution is -2.45. The number of benzene rings is 1. The van der Waals surface area contributed by atoms with Crippen molar-refractivity contribution < 1.29 is 4.79 Å². The van der Waals surface area contributed by atoms with Gasteiger partial charge in [0.25, 0.3) is 5.91 Å². The minimum Gasteiger partial charge on any atom is -0.397 e. The molecule has 3 nitrogen and oxygen atoms in total. The SMILES string of the molecule is CC1CCCN(C(=O)c2sc3ccccc3c2N)C1C. The Kier molecular flexibility index (Phi) is 3.42. The van der Waals surface area contributed by atoms with Gasteiger partial charge in [-0.05, 0) is 31.7 Å². The van der Waals surface area contributed by atoms with Gasteiger partial charge in [0.05, 0.1) is 5.69 Å². The molecular formula is C16H20N2OS. The van der Waals surface area contributed by atoms with E-state index in [0.29, 0.717) is 22.5 Å². The monoisotopic (exact) mass is 288 g/mol. The smallest absolute Gasteiger partial charge is 0.266 e. The molecule has 2 heterocycles. The van der Waals surface area contributed by atoms with Crippen molar-refractivity contribution in [1.82, 2.24) is 4.90 Å². The number of hydrogen-bond donors (Lipinski definition) is 1. The Morgan fingerprint density at radius 3 is 2.85 bits per heavy atom. The third kappa shape index (κ3) is 2.08. The predicted octanol–water partition coefficient (Wildman–Crippen LogP) is 3.74. The maximum Gasteiger partial charge on any atom is 0.266 e. The summed E-state index contributed by atoms with van der Waals surface area (Å²) in [4.78, 5) is 15.5. The van der Waals surface area contributed by atoms with E-state index in [2.05, 4.69) is 13.8 Å². The summed E-state index contributed by atoms with van der Waals surface area (Å²) in [5.74, 6) is 0.658. The molecule has 1 fully saturated rings. The molecule has 1 aliphatic heterocycles. The maximum absolute atomic E-state index is 12.8. The topological polar surface area (TPSA) is 46.3 Å². The lowest BCUT2D eigenvalue weighted by atomic mass is 9.92. The van der Waals surface area contributed by atoms with E-state index in [1.807, 2.05) is 29.2 Å². The lowest BCUT2D eigenvalue weighted by Gasteiger charge is -2.37. The van der Waals surface area contributed by atoms with Crippen molar-refractivity contribution in [3.63, 3.8) is 0 Å². The summed E-state index contributed by atoms with van der Waals surface area (Å²) in [7, 11) is 0. The molecule has 0 bridgehead atoms. The molecule has 0 spiro atoms. The van der Waals surface area contributed by atoms with E-state index in [-0.39, 0.29) is 5.91 Å². The summed E-state index contributed by atoms with van der Waals surface area (Å²) in [5, 5.41) is 0.999. The summed E-state index contributed by atoms with van der Waals surface area (Å²) in [6, 6.07) is 8.25. The van der Waals surface area contributed by atoms with Gasteiger partial charge < -0.3 is 10.6 Å². The number of nitrogens with zero attached hydrogens (tertiary/aromatic N) is 1. The number of amides is 1. The number of nitrogens with two attached hydrogens (primary N) is 1. The van der Waals surface area contributed by atoms with Crippen molar-refractivity contribution in [3.8, 4) is 0 Å². The predicted molar refractivity (Wildman–Crippen MR) is 85.1 cm³/mol. The molecule has 20 heavy (non-hydrogen) atoms. The molecule has 4 heteroatoms. The van der Waals surface area contributed by atoms with Crippen LogP contribution in [0, 0.1) is 5.92 Å². The zero-order valence-electron chi connectivity index (χ0n) is 11.9. The van der Waals surface area contributed by atoms with E-state index >= 15 is 0 Å². The van der Waals surface area contributed by atoms with Crippen molar-refractivity contribution in [2.75, 3.05) is 12.3 Å². The molecule has 3 rings (SSSR count). The van der Waals surface area contributed by atoms with E-state index < -0.39 is 0 Å². The highest BCUT2D eigenvalue weighted by atomic mass is 32.1. The van der Waals surface area contributed by atoms with Gasteiger partial charge in [0.1, 0.15) is 4.88 Å². The molecule has 1 aromatic heterocycles. The Morgan fingerprint density at radius 2 is 2.10 bits per heavy atom. The van der Waals surface area contributed by atoms with Crippen LogP contribution < -0.4 is 5.73 Å². The van der Waals surface area contributed by atoms with Crippen molar-refractivity contribution in [2.45, 2.75) is 32.7 Å². The van der Waals surface area contributed by atoms with Crippen LogP contribution in [0.1, 0.15) is 36.4 Å². The molecular weight excluding hydrogens is 268 g/mol. The fourth-order valence-electron chi connectivity index (χ4n) is 2.98. The molecule has 2 aromatic rings. The molecule has 1 aliphatic rings. The van der Waals surface area contributed by atoms with Crippen LogP contribution in [0.15, 0.2) is 24.3 Å². The Balaban J connectivity index is 1.98. The minimum absolute atomic E-state index is 0.0998. The molecule has 0 radical (unpaired) electrons. The molecule has 0 saturated carbocycles. The average molecular weight is 288 g/mol. The number of piperidine rings is 1. The Labute approximate surface area is 123 Å². The molecule has 2 N–H and O–H groups in total. The average Bonchev–Trinajstić information content (AvgIpc) is 2.79. The van der Waals surface area contributed by atoms with Crippen LogP contribution >= 0.6 is 11.3 Å². The summed E-state index contributed by atoms with van der Waals surface area (Å²) < 4.78 is 1.09. The fourth-order valence-corrected chi connectivity index (χ4v) is 4.06. The number of carbonyl (C=O) groups is 1. The first-order valence-corrected chi connectivity index (χ1v) is 7.99. The summed E-state index contributed by atoms with van der Waals surface area (Å²) >= 11 is 1.51. The molecule has 0 aliphatic carbocycles. The number of fused-ring (bicyclic) bond motifs is 1. The first-order chi connectivity index (χ1) is 9.59. The quantitative estimate of drug-likeness (QED) is 0.868. The Bertz CT molecular complexity index is 649. The molecule has 2 unspecified atom stereocenters. The van der Waals surface area contributed by atoms with Crippen molar-refractivity contribution in [2.24, 2.45) is 5.92 Å². The summed E-state index contributed by atoms with van der Waals surface area (Å²) in [5.41, 5.74) is 6.83. The summed E-state index contributed by atoms with van der Waals surface area (Å²) in [6.45, 7) is 5.21. The van der Waals surface area contributed by atoms with Crippen molar-refractivity contribution >= 4 is 33.0 Å². The highest BCUT2D eigenvalue weighted by Gasteiger charge is 2.31. The van der Waals surface area contributed by atoms with Gasteiger partial charge in [0.2, 0.25) is 0 Å². The summed E-state index contributed by atoms with van der Waals surface area (Å²) in [6.07, 6.45) is 2.29. The van der Waals surface area contributed by atoms with E-state index in [4.69, 9.17) is 5.73 Å². The van der Waals surface area contributed by atoms with Crippen LogP contribution in [0.3, 0.4) is 0 Å². The highest BCUT2D eigenvalue weighted by Crippen LogP contribution is 2.35. The van der Waals surface area contributed by atoms with E-state index in [1.54, 1.807) is 0 Å². The zero-order chi connectivity index (χ0) is 14.3. The zero-order valence-corrected chi connectivity index (χ0v) is 12.7. The standard InChI is InChI=1S/C16H20N2OS/c1-10-6-5-9-18(11(10)2)16(19)15-14(17)12-7-3-4-8-13(12)20-15/h3-4,7-8,10-11H,5-6,9,17H2,1-2H3. The first kappa shape index (κ1) is 13.4. The van der Waals surface area contributed by atoms with Crippen molar-refractivity contribution in [1.29, 1.82) is 0 Å². The molecule has 2 atom stereocenters. The van der Waals surface area contributed by atoms with Gasteiger partial charge in [-0.25, -0.2) is 0 Å². The molecule has 1 amide bonds. The van der Waals surface area contributed by atoms with Crippen LogP contribution in [0.5, 0.6) is 0 Å². The first-order valence-electron chi connectivity index (χ1n) is 7.17. The third-order valence-electron chi connectivity index (χ3n) is 4.46. The van der Waals surface area contributed by atoms with Gasteiger partial charge in [-0.15, -0.1) is 11.3 Å². The normalized spacial score (nSPS) is 23.2. The van der Waals surface area contributed by atoms with E-state index in [0.717, 1.165) is 23.1 Å². The number of hydrogen-bond acceptors (Lipinski definition) is 3. The van der Waals surface area contributed by atoms with Crippen LogP contribution in [0.25, 0.3) is 10.1 Å². The second-order valence-electron chi connectivity index (χ2n) is 5.70. The second kappa shape index (κ2) is 5.09. The van der Waals surface area contributed by atoms with Crippen LogP contribution in [0.2, 0.25) is 0 Å². The number of likely N-dealkylation sites (tertiary alicyclic amines) is 1. The fraction of sp³-hybridized carbons (Fsp3) is 0.438. The van der Waals surface area contributed by atoms with Crippen molar-refractivity contribution in [3.05, 3.63) is 29.1 Å². The van der Waals surface area contributed by atoms with Crippen LogP contribution in [0.4, 0.5) is 5.69 Å². The largest absolute Gasteiger partial charge is 0.397 e. The van der Waals surface area contributed by atoms with Gasteiger partial charge in [-0.2, -0.15) is 0 Å². The Morgan fingerprint density at radius 1 is 1.35 bits per heavy atom. The number of carbonyl (C=O) groups excluding carboxylic acids is 1. The van der Waals surface area contributed by atoms with Gasteiger partial charge in [-0.3, -0.25) is 4.79 Å². The maximum atomic E-state index is 12.8. The molecule has 106 valence electrons. The third-order valence-corrected chi connectivity index (χ3v) is 5.64. The molecule has 1 saturated heterocycles. The van der Waals surface area contributed by atoms with Gasteiger partial charge >= 0.3 is 0 Å². The van der Waals surface area contributed by atoms with Gasteiger partial charge in [-0.1, -0.05) is 25.1 Å². The lowest BCUT2D eigenvalue weighted by molar-refractivity contribution is 0.0557. The van der Waals surface area contributed by atoms with Crippen LogP contribution in [-0.4, -0.2) is 23.4 Å². The highest BCUT2D eigenvalue weighted by molar-refractivity contribution is 7.21. The molecule has 1 aromatic carbocycles. The van der Waals surface area contributed by atoms with Crippen LogP contribution in [-0.2, 0) is 0 Å². The Hall–Kier alpha value is -1.55. The van der Waals surface area contributed by atoms with E-state index in [9.17, 15) is 4.79 Å². The number of nitrogen functional groups attached to an aromatic ring is 1. The van der Waals surface area contributed by atoms with Gasteiger partial charge in [0.15, 0.2) is 0 Å². The second-order valence-corrected chi connectivity index (χ2v) is 6.75. The number of thiophene rings is 1. The van der Waals surface area contributed by atoms with E-state index in [1.165, 1.54) is 17.8 Å². The minimum atomic E-state index is 0.0998. The van der Waals surface area contributed by atoms with Gasteiger partial charge in [0, 0.05) is 22.7 Å². The number of anilines is 1.